The van der Waals surface area contributed by atoms with E-state index in [1.54, 1.807) is 6.92 Å². The van der Waals surface area contributed by atoms with Gasteiger partial charge in [-0.2, -0.15) is 13.2 Å². The van der Waals surface area contributed by atoms with Gasteiger partial charge in [-0.05, 0) is 41.9 Å². The number of hydrogen-bond acceptors (Lipinski definition) is 5. The summed E-state index contributed by atoms with van der Waals surface area (Å²) in [7, 11) is 0. The Labute approximate surface area is 196 Å². The summed E-state index contributed by atoms with van der Waals surface area (Å²) in [6.07, 6.45) is -5.88. The number of amides is 1. The second-order valence-electron chi connectivity index (χ2n) is 5.94. The molecule has 0 aliphatic rings. The monoisotopic (exact) mass is 589 g/mol. The van der Waals surface area contributed by atoms with E-state index in [0.29, 0.717) is 9.35 Å². The molecule has 0 spiro atoms. The van der Waals surface area contributed by atoms with E-state index in [9.17, 15) is 27.2 Å². The first-order valence-corrected chi connectivity index (χ1v) is 11.6. The number of anilines is 1. The van der Waals surface area contributed by atoms with Gasteiger partial charge in [-0.15, -0.1) is 11.3 Å². The normalized spacial score (nSPS) is 11.4. The zero-order valence-corrected chi connectivity index (χ0v) is 20.3. The summed E-state index contributed by atoms with van der Waals surface area (Å²) in [5, 5.41) is 0.178. The molecule has 170 valence electrons. The molecule has 1 aromatic heterocycles. The molecule has 2 aromatic rings. The Balaban J connectivity index is 2.69. The van der Waals surface area contributed by atoms with E-state index in [-0.39, 0.29) is 29.1 Å². The Hall–Kier alpha value is -1.66. The van der Waals surface area contributed by atoms with Crippen molar-refractivity contribution in [3.8, 4) is 0 Å². The molecule has 0 aliphatic carbocycles. The van der Waals surface area contributed by atoms with Crippen molar-refractivity contribution in [1.82, 2.24) is 0 Å². The van der Waals surface area contributed by atoms with Gasteiger partial charge in [0, 0.05) is 16.5 Å². The molecule has 0 saturated heterocycles. The van der Waals surface area contributed by atoms with Crippen molar-refractivity contribution >= 4 is 60.3 Å². The highest BCUT2D eigenvalue weighted by atomic mass is 79.9. The molecule has 1 heterocycles. The van der Waals surface area contributed by atoms with Gasteiger partial charge in [0.2, 0.25) is 0 Å². The lowest BCUT2D eigenvalue weighted by atomic mass is 10.1. The van der Waals surface area contributed by atoms with Crippen LogP contribution in [0.4, 0.5) is 27.4 Å². The van der Waals surface area contributed by atoms with E-state index in [1.165, 1.54) is 6.92 Å². The molecule has 0 aliphatic heterocycles. The maximum absolute atomic E-state index is 14.5. The Kier molecular flexibility index (Phi) is 8.90. The van der Waals surface area contributed by atoms with E-state index < -0.39 is 41.7 Å². The third-order valence-electron chi connectivity index (χ3n) is 4.03. The van der Waals surface area contributed by atoms with E-state index in [4.69, 9.17) is 9.47 Å². The van der Waals surface area contributed by atoms with Gasteiger partial charge < -0.3 is 9.47 Å². The lowest BCUT2D eigenvalue weighted by Crippen LogP contribution is -2.33. The average molecular weight is 591 g/mol. The van der Waals surface area contributed by atoms with E-state index in [0.717, 1.165) is 34.4 Å². The van der Waals surface area contributed by atoms with E-state index >= 15 is 0 Å². The van der Waals surface area contributed by atoms with Gasteiger partial charge in [-0.3, -0.25) is 4.90 Å². The molecule has 0 N–H and O–H groups in total. The number of halogens is 6. The summed E-state index contributed by atoms with van der Waals surface area (Å²) >= 11 is 7.48. The molecule has 5 nitrogen and oxygen atoms in total. The minimum Gasteiger partial charge on any atom is -0.462 e. The van der Waals surface area contributed by atoms with Gasteiger partial charge in [0.15, 0.2) is 0 Å². The second-order valence-corrected chi connectivity index (χ2v) is 8.82. The molecule has 0 radical (unpaired) electrons. The first-order valence-electron chi connectivity index (χ1n) is 8.89. The fraction of sp³-hybridized carbons (Fsp3) is 0.368. The molecule has 12 heteroatoms. The Morgan fingerprint density at radius 1 is 1.13 bits per heavy atom. The Bertz CT molecular complexity index is 965. The number of carbonyl (C=O) groups excluding carboxylic acids is 2. The summed E-state index contributed by atoms with van der Waals surface area (Å²) in [4.78, 5) is 26.1. The highest BCUT2D eigenvalue weighted by molar-refractivity contribution is 9.11. The van der Waals surface area contributed by atoms with Crippen LogP contribution in [0.1, 0.15) is 40.9 Å². The van der Waals surface area contributed by atoms with Gasteiger partial charge >= 0.3 is 18.2 Å². The lowest BCUT2D eigenvalue weighted by Gasteiger charge is -2.24. The van der Waals surface area contributed by atoms with Crippen LogP contribution in [0.5, 0.6) is 0 Å². The van der Waals surface area contributed by atoms with Gasteiger partial charge in [0.25, 0.3) is 0 Å². The fourth-order valence-electron chi connectivity index (χ4n) is 2.71. The molecule has 0 atom stereocenters. The Morgan fingerprint density at radius 3 is 2.32 bits per heavy atom. The zero-order chi connectivity index (χ0) is 23.3. The number of nitrogens with zero attached hydrogens (tertiary/aromatic N) is 1. The summed E-state index contributed by atoms with van der Waals surface area (Å²) in [5.74, 6) is -1.91. The number of hydrogen-bond donors (Lipinski definition) is 0. The largest absolute Gasteiger partial charge is 0.462 e. The molecule has 0 unspecified atom stereocenters. The van der Waals surface area contributed by atoms with Crippen LogP contribution in [0.15, 0.2) is 22.0 Å². The van der Waals surface area contributed by atoms with Gasteiger partial charge in [0.1, 0.15) is 10.8 Å². The maximum Gasteiger partial charge on any atom is 0.416 e. The van der Waals surface area contributed by atoms with Crippen molar-refractivity contribution in [3.63, 3.8) is 0 Å². The number of thiophene rings is 1. The number of benzene rings is 1. The summed E-state index contributed by atoms with van der Waals surface area (Å²) in [6.45, 7) is 2.26. The van der Waals surface area contributed by atoms with Crippen LogP contribution >= 0.6 is 43.2 Å². The number of esters is 1. The van der Waals surface area contributed by atoms with Crippen molar-refractivity contribution in [1.29, 1.82) is 0 Å². The van der Waals surface area contributed by atoms with Crippen LogP contribution in [0.2, 0.25) is 0 Å². The summed E-state index contributed by atoms with van der Waals surface area (Å²) in [6, 6.07) is 2.53. The predicted molar refractivity (Wildman–Crippen MR) is 115 cm³/mol. The first-order chi connectivity index (χ1) is 14.6. The fourth-order valence-corrected chi connectivity index (χ4v) is 5.66. The van der Waals surface area contributed by atoms with Crippen LogP contribution < -0.4 is 4.90 Å². The van der Waals surface area contributed by atoms with E-state index in [1.807, 2.05) is 0 Å². The second kappa shape index (κ2) is 10.8. The predicted octanol–water partition coefficient (Wildman–Crippen LogP) is 6.90. The third-order valence-corrected chi connectivity index (χ3v) is 6.59. The van der Waals surface area contributed by atoms with Crippen LogP contribution in [0, 0.1) is 5.82 Å². The van der Waals surface area contributed by atoms with Crippen molar-refractivity contribution in [3.05, 3.63) is 50.1 Å². The van der Waals surface area contributed by atoms with Crippen LogP contribution in [0.3, 0.4) is 0 Å². The quantitative estimate of drug-likeness (QED) is 0.200. The summed E-state index contributed by atoms with van der Waals surface area (Å²) < 4.78 is 65.4. The van der Waals surface area contributed by atoms with Crippen LogP contribution in [0.25, 0.3) is 0 Å². The van der Waals surface area contributed by atoms with Gasteiger partial charge in [-0.1, -0.05) is 22.0 Å². The van der Waals surface area contributed by atoms with E-state index in [2.05, 4.69) is 31.9 Å². The van der Waals surface area contributed by atoms with Crippen molar-refractivity contribution < 1.29 is 36.6 Å². The number of rotatable bonds is 7. The van der Waals surface area contributed by atoms with Crippen LogP contribution in [-0.4, -0.2) is 25.3 Å². The molecule has 0 saturated carbocycles. The van der Waals surface area contributed by atoms with Crippen LogP contribution in [-0.2, 0) is 27.5 Å². The Morgan fingerprint density at radius 2 is 1.77 bits per heavy atom. The zero-order valence-electron chi connectivity index (χ0n) is 16.3. The van der Waals surface area contributed by atoms with Crippen molar-refractivity contribution in [2.24, 2.45) is 0 Å². The smallest absolute Gasteiger partial charge is 0.416 e. The lowest BCUT2D eigenvalue weighted by molar-refractivity contribution is -0.138. The molecule has 0 bridgehead atoms. The maximum atomic E-state index is 14.5. The topological polar surface area (TPSA) is 55.8 Å². The molecule has 0 fully saturated rings. The standard InChI is InChI=1S/C19H17Br2F4NO4S/c1-3-29-17(27)14-10(8-20)15(21)31-16(14)26(18(28)30-4-2)9-11-12(19(23,24)25)6-5-7-13(11)22/h5-7H,3-4,8-9H2,1-2H3. The minimum atomic E-state index is -4.85. The summed E-state index contributed by atoms with van der Waals surface area (Å²) in [5.41, 5.74) is -1.55. The van der Waals surface area contributed by atoms with Crippen molar-refractivity contribution in [2.75, 3.05) is 18.1 Å². The highest BCUT2D eigenvalue weighted by Gasteiger charge is 2.37. The molecular weight excluding hydrogens is 574 g/mol. The average Bonchev–Trinajstić information content (AvgIpc) is 3.02. The van der Waals surface area contributed by atoms with Gasteiger partial charge in [0.05, 0.1) is 34.7 Å². The number of carbonyl (C=O) groups is 2. The molecule has 2 rings (SSSR count). The number of alkyl halides is 4. The molecule has 31 heavy (non-hydrogen) atoms. The SMILES string of the molecule is CCOC(=O)c1c(N(Cc2c(F)cccc2C(F)(F)F)C(=O)OCC)sc(Br)c1CBr. The number of ether oxygens (including phenoxy) is 2. The molecule has 1 aromatic carbocycles. The first kappa shape index (κ1) is 25.6. The molecular formula is C19H17Br2F4NO4S. The highest BCUT2D eigenvalue weighted by Crippen LogP contribution is 2.43. The third kappa shape index (κ3) is 5.78. The van der Waals surface area contributed by atoms with Crippen molar-refractivity contribution in [2.45, 2.75) is 31.9 Å². The molecule has 1 amide bonds. The van der Waals surface area contributed by atoms with Gasteiger partial charge in [-0.25, -0.2) is 14.0 Å². The minimum absolute atomic E-state index is 0.0189.